The molecule has 29 heavy (non-hydrogen) atoms. The van der Waals surface area contributed by atoms with Crippen molar-refractivity contribution in [1.82, 2.24) is 29.5 Å². The first kappa shape index (κ1) is 17.8. The van der Waals surface area contributed by atoms with Crippen LogP contribution in [0.2, 0.25) is 0 Å². The predicted molar refractivity (Wildman–Crippen MR) is 109 cm³/mol. The third-order valence-electron chi connectivity index (χ3n) is 5.69. The molecule has 0 bridgehead atoms. The molecule has 3 aromatic rings. The standard InChI is InChI=1S/C21H23N7O/c1-26-19(17-9-22-7-8-23-17)18(10-24-26)25-20(29)28-14-21(15-28)12-27(13-21)11-16-5-3-2-4-6-16/h2-10H,11-15H2,1H3,(H,25,29). The van der Waals surface area contributed by atoms with Crippen molar-refractivity contribution >= 4 is 11.7 Å². The van der Waals surface area contributed by atoms with Gasteiger partial charge in [0, 0.05) is 57.6 Å². The average molecular weight is 389 g/mol. The van der Waals surface area contributed by atoms with Crippen LogP contribution in [-0.4, -0.2) is 61.8 Å². The molecule has 8 heteroatoms. The third kappa shape index (κ3) is 3.36. The fraction of sp³-hybridized carbons (Fsp3) is 0.333. The fourth-order valence-electron chi connectivity index (χ4n) is 4.41. The van der Waals surface area contributed by atoms with E-state index in [9.17, 15) is 4.79 Å². The van der Waals surface area contributed by atoms with Gasteiger partial charge in [0.25, 0.3) is 0 Å². The van der Waals surface area contributed by atoms with E-state index in [0.29, 0.717) is 11.4 Å². The van der Waals surface area contributed by atoms with Crippen LogP contribution in [-0.2, 0) is 13.6 Å². The molecule has 1 spiro atoms. The number of aromatic nitrogens is 4. The molecule has 1 aromatic carbocycles. The molecular weight excluding hydrogens is 366 g/mol. The van der Waals surface area contributed by atoms with E-state index in [1.807, 2.05) is 18.0 Å². The van der Waals surface area contributed by atoms with Gasteiger partial charge in [-0.2, -0.15) is 5.10 Å². The van der Waals surface area contributed by atoms with Crippen LogP contribution < -0.4 is 5.32 Å². The summed E-state index contributed by atoms with van der Waals surface area (Å²) < 4.78 is 1.70. The molecule has 5 rings (SSSR count). The molecule has 4 heterocycles. The lowest BCUT2D eigenvalue weighted by Crippen LogP contribution is -2.72. The number of hydrogen-bond acceptors (Lipinski definition) is 5. The van der Waals surface area contributed by atoms with E-state index in [1.54, 1.807) is 29.5 Å². The van der Waals surface area contributed by atoms with Gasteiger partial charge in [-0.15, -0.1) is 0 Å². The van der Waals surface area contributed by atoms with Crippen LogP contribution in [0.3, 0.4) is 0 Å². The number of hydrogen-bond donors (Lipinski definition) is 1. The molecule has 148 valence electrons. The van der Waals surface area contributed by atoms with E-state index < -0.39 is 0 Å². The molecular formula is C21H23N7O. The summed E-state index contributed by atoms with van der Waals surface area (Å²) in [7, 11) is 1.83. The first-order valence-electron chi connectivity index (χ1n) is 9.73. The lowest BCUT2D eigenvalue weighted by molar-refractivity contribution is -0.0964. The summed E-state index contributed by atoms with van der Waals surface area (Å²) >= 11 is 0. The maximum Gasteiger partial charge on any atom is 0.321 e. The highest BCUT2D eigenvalue weighted by Crippen LogP contribution is 2.40. The number of nitrogens with one attached hydrogen (secondary N) is 1. The summed E-state index contributed by atoms with van der Waals surface area (Å²) in [5, 5.41) is 7.25. The molecule has 0 unspecified atom stereocenters. The quantitative estimate of drug-likeness (QED) is 0.740. The number of benzene rings is 1. The largest absolute Gasteiger partial charge is 0.323 e. The highest BCUT2D eigenvalue weighted by atomic mass is 16.2. The maximum absolute atomic E-state index is 12.7. The number of anilines is 1. The first-order valence-corrected chi connectivity index (χ1v) is 9.73. The number of carbonyl (C=O) groups is 1. The zero-order valence-electron chi connectivity index (χ0n) is 16.3. The minimum Gasteiger partial charge on any atom is -0.323 e. The van der Waals surface area contributed by atoms with Gasteiger partial charge in [0.05, 0.1) is 18.1 Å². The van der Waals surface area contributed by atoms with Crippen molar-refractivity contribution in [1.29, 1.82) is 0 Å². The molecule has 0 atom stereocenters. The average Bonchev–Trinajstić information content (AvgIpc) is 3.04. The zero-order chi connectivity index (χ0) is 19.8. The lowest BCUT2D eigenvalue weighted by Gasteiger charge is -2.60. The molecule has 2 aliphatic rings. The summed E-state index contributed by atoms with van der Waals surface area (Å²) in [6.45, 7) is 4.66. The van der Waals surface area contributed by atoms with Crippen LogP contribution >= 0.6 is 0 Å². The molecule has 8 nitrogen and oxygen atoms in total. The second kappa shape index (κ2) is 6.97. The Balaban J connectivity index is 1.17. The first-order chi connectivity index (χ1) is 14.1. The Labute approximate surface area is 169 Å². The number of rotatable bonds is 4. The Morgan fingerprint density at radius 2 is 1.90 bits per heavy atom. The van der Waals surface area contributed by atoms with Crippen molar-refractivity contribution in [3.05, 3.63) is 60.7 Å². The van der Waals surface area contributed by atoms with E-state index in [1.165, 1.54) is 5.56 Å². The molecule has 2 aromatic heterocycles. The van der Waals surface area contributed by atoms with Gasteiger partial charge in [-0.05, 0) is 5.56 Å². The van der Waals surface area contributed by atoms with Gasteiger partial charge in [-0.3, -0.25) is 19.5 Å². The molecule has 2 saturated heterocycles. The van der Waals surface area contributed by atoms with Gasteiger partial charge in [-0.25, -0.2) is 4.79 Å². The number of nitrogens with zero attached hydrogens (tertiary/aromatic N) is 6. The molecule has 2 aliphatic heterocycles. The van der Waals surface area contributed by atoms with Crippen LogP contribution in [0.4, 0.5) is 10.5 Å². The van der Waals surface area contributed by atoms with Gasteiger partial charge >= 0.3 is 6.03 Å². The number of carbonyl (C=O) groups excluding carboxylic acids is 1. The van der Waals surface area contributed by atoms with E-state index in [2.05, 4.69) is 49.5 Å². The highest BCUT2D eigenvalue weighted by molar-refractivity contribution is 5.93. The second-order valence-corrected chi connectivity index (χ2v) is 8.04. The van der Waals surface area contributed by atoms with Crippen LogP contribution in [0.1, 0.15) is 5.56 Å². The van der Waals surface area contributed by atoms with E-state index in [-0.39, 0.29) is 11.4 Å². The molecule has 0 saturated carbocycles. The van der Waals surface area contributed by atoms with Crippen LogP contribution in [0.25, 0.3) is 11.4 Å². The molecule has 2 amide bonds. The Hall–Kier alpha value is -3.26. The Morgan fingerprint density at radius 1 is 1.10 bits per heavy atom. The van der Waals surface area contributed by atoms with Crippen LogP contribution in [0.15, 0.2) is 55.1 Å². The van der Waals surface area contributed by atoms with Crippen molar-refractivity contribution in [3.8, 4) is 11.4 Å². The van der Waals surface area contributed by atoms with Crippen molar-refractivity contribution < 1.29 is 4.79 Å². The lowest BCUT2D eigenvalue weighted by atomic mass is 9.73. The number of likely N-dealkylation sites (tertiary alicyclic amines) is 2. The van der Waals surface area contributed by atoms with E-state index in [0.717, 1.165) is 38.4 Å². The SMILES string of the molecule is Cn1ncc(NC(=O)N2CC3(CN(Cc4ccccc4)C3)C2)c1-c1cnccn1. The number of urea groups is 1. The summed E-state index contributed by atoms with van der Waals surface area (Å²) in [4.78, 5) is 25.5. The van der Waals surface area contributed by atoms with Crippen LogP contribution in [0.5, 0.6) is 0 Å². The monoisotopic (exact) mass is 389 g/mol. The van der Waals surface area contributed by atoms with Crippen molar-refractivity contribution in [2.75, 3.05) is 31.5 Å². The van der Waals surface area contributed by atoms with Gasteiger partial charge in [0.1, 0.15) is 11.4 Å². The Kier molecular flexibility index (Phi) is 4.28. The van der Waals surface area contributed by atoms with Crippen molar-refractivity contribution in [2.24, 2.45) is 12.5 Å². The Bertz CT molecular complexity index is 1000. The summed E-state index contributed by atoms with van der Waals surface area (Å²) in [5.41, 5.74) is 3.68. The maximum atomic E-state index is 12.7. The van der Waals surface area contributed by atoms with Crippen molar-refractivity contribution in [2.45, 2.75) is 6.54 Å². The normalized spacial score (nSPS) is 17.6. The Morgan fingerprint density at radius 3 is 2.62 bits per heavy atom. The minimum absolute atomic E-state index is 0.0877. The molecule has 0 radical (unpaired) electrons. The predicted octanol–water partition coefficient (Wildman–Crippen LogP) is 2.23. The number of aryl methyl sites for hydroxylation is 1. The summed E-state index contributed by atoms with van der Waals surface area (Å²) in [6.07, 6.45) is 6.58. The third-order valence-corrected chi connectivity index (χ3v) is 5.69. The molecule has 2 fully saturated rings. The van der Waals surface area contributed by atoms with Gasteiger partial charge in [0.2, 0.25) is 0 Å². The van der Waals surface area contributed by atoms with E-state index >= 15 is 0 Å². The van der Waals surface area contributed by atoms with Crippen molar-refractivity contribution in [3.63, 3.8) is 0 Å². The zero-order valence-corrected chi connectivity index (χ0v) is 16.3. The van der Waals surface area contributed by atoms with Gasteiger partial charge in [-0.1, -0.05) is 30.3 Å². The highest BCUT2D eigenvalue weighted by Gasteiger charge is 2.52. The topological polar surface area (TPSA) is 79.2 Å². The summed E-state index contributed by atoms with van der Waals surface area (Å²) in [6, 6.07) is 10.4. The number of amides is 2. The molecule has 0 aliphatic carbocycles. The minimum atomic E-state index is -0.0877. The fourth-order valence-corrected chi connectivity index (χ4v) is 4.41. The van der Waals surface area contributed by atoms with Gasteiger partial charge < -0.3 is 10.2 Å². The smallest absolute Gasteiger partial charge is 0.321 e. The second-order valence-electron chi connectivity index (χ2n) is 8.04. The summed E-state index contributed by atoms with van der Waals surface area (Å²) in [5.74, 6) is 0. The van der Waals surface area contributed by atoms with Gasteiger partial charge in [0.15, 0.2) is 0 Å². The molecule has 1 N–H and O–H groups in total. The van der Waals surface area contributed by atoms with E-state index in [4.69, 9.17) is 0 Å². The van der Waals surface area contributed by atoms with Crippen LogP contribution in [0, 0.1) is 5.41 Å².